The molecule has 0 bridgehead atoms. The molecule has 1 aromatic carbocycles. The van der Waals surface area contributed by atoms with Gasteiger partial charge in [0, 0.05) is 22.9 Å². The summed E-state index contributed by atoms with van der Waals surface area (Å²) in [7, 11) is 2.39. The Labute approximate surface area is 114 Å². The first-order chi connectivity index (χ1) is 9.58. The molecule has 104 valence electrons. The molecular formula is C14H13NO5. The zero-order valence-electron chi connectivity index (χ0n) is 11.1. The van der Waals surface area contributed by atoms with Gasteiger partial charge in [0.25, 0.3) is 0 Å². The van der Waals surface area contributed by atoms with Crippen molar-refractivity contribution < 1.29 is 23.9 Å². The molecule has 0 unspecified atom stereocenters. The molecule has 0 fully saturated rings. The molecule has 0 spiro atoms. The summed E-state index contributed by atoms with van der Waals surface area (Å²) in [5.74, 6) is -2.25. The summed E-state index contributed by atoms with van der Waals surface area (Å²) in [6, 6.07) is 7.11. The fraction of sp³-hybridized carbons (Fsp3) is 0.214. The molecule has 0 aliphatic rings. The van der Waals surface area contributed by atoms with Crippen LogP contribution in [0, 0.1) is 0 Å². The normalized spacial score (nSPS) is 10.3. The number of ketones is 1. The van der Waals surface area contributed by atoms with Crippen LogP contribution in [0.25, 0.3) is 10.9 Å². The lowest BCUT2D eigenvalue weighted by molar-refractivity contribution is -0.151. The third kappa shape index (κ3) is 2.40. The van der Waals surface area contributed by atoms with E-state index in [1.165, 1.54) is 7.11 Å². The lowest BCUT2D eigenvalue weighted by Crippen LogP contribution is -2.19. The second-order valence-electron chi connectivity index (χ2n) is 4.11. The number of para-hydroxylation sites is 1. The third-order valence-electron chi connectivity index (χ3n) is 2.95. The van der Waals surface area contributed by atoms with Crippen LogP contribution in [0.1, 0.15) is 16.1 Å². The summed E-state index contributed by atoms with van der Waals surface area (Å²) in [4.78, 5) is 37.6. The van der Waals surface area contributed by atoms with E-state index in [9.17, 15) is 14.4 Å². The number of hydrogen-bond donors (Lipinski definition) is 1. The highest BCUT2D eigenvalue weighted by Gasteiger charge is 2.23. The number of aromatic amines is 1. The van der Waals surface area contributed by atoms with Crippen LogP contribution in [0.5, 0.6) is 0 Å². The molecule has 6 nitrogen and oxygen atoms in total. The monoisotopic (exact) mass is 275 g/mol. The van der Waals surface area contributed by atoms with Gasteiger partial charge in [0.1, 0.15) is 5.69 Å². The molecule has 0 amide bonds. The standard InChI is InChI=1S/C14H13NO5/c1-19-13(17)11(16)7-9-8-5-3-4-6-10(8)15-12(9)14(18)20-2/h3-6,15H,7H2,1-2H3. The molecule has 1 N–H and O–H groups in total. The van der Waals surface area contributed by atoms with E-state index in [1.807, 2.05) is 0 Å². The maximum absolute atomic E-state index is 11.7. The predicted molar refractivity (Wildman–Crippen MR) is 70.4 cm³/mol. The SMILES string of the molecule is COC(=O)C(=O)Cc1c(C(=O)OC)[nH]c2ccccc12. The smallest absolute Gasteiger partial charge is 0.374 e. The molecule has 0 saturated carbocycles. The lowest BCUT2D eigenvalue weighted by atomic mass is 10.0. The Bertz CT molecular complexity index is 686. The topological polar surface area (TPSA) is 85.5 Å². The summed E-state index contributed by atoms with van der Waals surface area (Å²) in [6.45, 7) is 0. The summed E-state index contributed by atoms with van der Waals surface area (Å²) >= 11 is 0. The van der Waals surface area contributed by atoms with E-state index < -0.39 is 17.7 Å². The van der Waals surface area contributed by atoms with Gasteiger partial charge in [-0.1, -0.05) is 18.2 Å². The maximum atomic E-state index is 11.7. The van der Waals surface area contributed by atoms with Crippen LogP contribution in [0.2, 0.25) is 0 Å². The molecular weight excluding hydrogens is 262 g/mol. The van der Waals surface area contributed by atoms with Gasteiger partial charge >= 0.3 is 11.9 Å². The minimum absolute atomic E-state index is 0.172. The maximum Gasteiger partial charge on any atom is 0.374 e. The Hall–Kier alpha value is -2.63. The second kappa shape index (κ2) is 5.56. The summed E-state index contributed by atoms with van der Waals surface area (Å²) in [5, 5.41) is 0.699. The number of esters is 2. The molecule has 1 heterocycles. The van der Waals surface area contributed by atoms with Crippen molar-refractivity contribution in [2.24, 2.45) is 0 Å². The molecule has 2 rings (SSSR count). The average Bonchev–Trinajstić information content (AvgIpc) is 2.84. The molecule has 0 atom stereocenters. The van der Waals surface area contributed by atoms with E-state index in [-0.39, 0.29) is 12.1 Å². The number of nitrogens with one attached hydrogen (secondary N) is 1. The average molecular weight is 275 g/mol. The number of methoxy groups -OCH3 is 2. The van der Waals surface area contributed by atoms with Crippen molar-refractivity contribution in [1.82, 2.24) is 4.98 Å². The number of rotatable bonds is 4. The molecule has 0 saturated heterocycles. The van der Waals surface area contributed by atoms with Gasteiger partial charge in [0.2, 0.25) is 5.78 Å². The third-order valence-corrected chi connectivity index (χ3v) is 2.95. The zero-order chi connectivity index (χ0) is 14.7. The summed E-state index contributed by atoms with van der Waals surface area (Å²) < 4.78 is 9.06. The van der Waals surface area contributed by atoms with Crippen LogP contribution in [-0.4, -0.2) is 36.9 Å². The van der Waals surface area contributed by atoms with Crippen molar-refractivity contribution in [3.05, 3.63) is 35.5 Å². The number of benzene rings is 1. The minimum atomic E-state index is -0.939. The van der Waals surface area contributed by atoms with Gasteiger partial charge in [-0.05, 0) is 6.07 Å². The van der Waals surface area contributed by atoms with Crippen molar-refractivity contribution >= 4 is 28.6 Å². The molecule has 2 aromatic rings. The van der Waals surface area contributed by atoms with Crippen molar-refractivity contribution in [1.29, 1.82) is 0 Å². The highest BCUT2D eigenvalue weighted by Crippen LogP contribution is 2.23. The molecule has 0 aliphatic carbocycles. The Morgan fingerprint density at radius 2 is 1.80 bits per heavy atom. The van der Waals surface area contributed by atoms with Crippen molar-refractivity contribution in [3.8, 4) is 0 Å². The van der Waals surface area contributed by atoms with E-state index >= 15 is 0 Å². The van der Waals surface area contributed by atoms with Crippen LogP contribution in [-0.2, 0) is 25.5 Å². The number of Topliss-reactive ketones (excluding diaryl/α,β-unsaturated/α-hetero) is 1. The number of ether oxygens (including phenoxy) is 2. The van der Waals surface area contributed by atoms with Crippen LogP contribution < -0.4 is 0 Å². The Morgan fingerprint density at radius 3 is 2.45 bits per heavy atom. The van der Waals surface area contributed by atoms with Gasteiger partial charge in [-0.2, -0.15) is 0 Å². The number of carbonyl (C=O) groups excluding carboxylic acids is 3. The first-order valence-corrected chi connectivity index (χ1v) is 5.87. The molecule has 20 heavy (non-hydrogen) atoms. The van der Waals surface area contributed by atoms with Crippen molar-refractivity contribution in [2.45, 2.75) is 6.42 Å². The van der Waals surface area contributed by atoms with Gasteiger partial charge in [-0.3, -0.25) is 4.79 Å². The number of hydrogen-bond acceptors (Lipinski definition) is 5. The van der Waals surface area contributed by atoms with Gasteiger partial charge < -0.3 is 14.5 Å². The fourth-order valence-electron chi connectivity index (χ4n) is 2.01. The Morgan fingerprint density at radius 1 is 1.10 bits per heavy atom. The predicted octanol–water partition coefficient (Wildman–Crippen LogP) is 1.24. The van der Waals surface area contributed by atoms with Crippen molar-refractivity contribution in [3.63, 3.8) is 0 Å². The quantitative estimate of drug-likeness (QED) is 0.670. The largest absolute Gasteiger partial charge is 0.464 e. The minimum Gasteiger partial charge on any atom is -0.464 e. The van der Waals surface area contributed by atoms with Crippen LogP contribution in [0.15, 0.2) is 24.3 Å². The second-order valence-corrected chi connectivity index (χ2v) is 4.11. The van der Waals surface area contributed by atoms with Crippen LogP contribution in [0.3, 0.4) is 0 Å². The van der Waals surface area contributed by atoms with Crippen LogP contribution in [0.4, 0.5) is 0 Å². The Kier molecular flexibility index (Phi) is 3.84. The van der Waals surface area contributed by atoms with Gasteiger partial charge in [0.15, 0.2) is 0 Å². The fourth-order valence-corrected chi connectivity index (χ4v) is 2.01. The highest BCUT2D eigenvalue weighted by atomic mass is 16.5. The summed E-state index contributed by atoms with van der Waals surface area (Å²) in [5.41, 5.74) is 1.30. The first kappa shape index (κ1) is 13.8. The van der Waals surface area contributed by atoms with E-state index in [0.717, 1.165) is 7.11 Å². The van der Waals surface area contributed by atoms with Gasteiger partial charge in [-0.25, -0.2) is 9.59 Å². The molecule has 0 radical (unpaired) electrons. The van der Waals surface area contributed by atoms with Gasteiger partial charge in [-0.15, -0.1) is 0 Å². The molecule has 1 aromatic heterocycles. The highest BCUT2D eigenvalue weighted by molar-refractivity contribution is 6.34. The zero-order valence-corrected chi connectivity index (χ0v) is 11.1. The van der Waals surface area contributed by atoms with Gasteiger partial charge in [0.05, 0.1) is 14.2 Å². The number of H-pyrrole nitrogens is 1. The number of aromatic nitrogens is 1. The van der Waals surface area contributed by atoms with Crippen LogP contribution >= 0.6 is 0 Å². The Balaban J connectivity index is 2.51. The van der Waals surface area contributed by atoms with E-state index in [2.05, 4.69) is 14.5 Å². The van der Waals surface area contributed by atoms with Crippen molar-refractivity contribution in [2.75, 3.05) is 14.2 Å². The van der Waals surface area contributed by atoms with E-state index in [4.69, 9.17) is 0 Å². The molecule has 6 heteroatoms. The summed E-state index contributed by atoms with van der Waals surface area (Å²) in [6.07, 6.45) is -0.221. The first-order valence-electron chi connectivity index (χ1n) is 5.87. The lowest BCUT2D eigenvalue weighted by Gasteiger charge is -2.02. The van der Waals surface area contributed by atoms with E-state index in [1.54, 1.807) is 24.3 Å². The molecule has 0 aliphatic heterocycles. The van der Waals surface area contributed by atoms with E-state index in [0.29, 0.717) is 16.5 Å². The number of fused-ring (bicyclic) bond motifs is 1. The number of carbonyl (C=O) groups is 3.